The molecule has 5 nitrogen and oxygen atoms in total. The maximum absolute atomic E-state index is 10.5. The molecule has 1 heterocycles. The number of primary amides is 1. The van der Waals surface area contributed by atoms with Crippen molar-refractivity contribution in [3.8, 4) is 0 Å². The van der Waals surface area contributed by atoms with Crippen molar-refractivity contribution in [3.63, 3.8) is 0 Å². The van der Waals surface area contributed by atoms with Gasteiger partial charge in [0.2, 0.25) is 5.91 Å². The molecule has 0 saturated carbocycles. The van der Waals surface area contributed by atoms with Crippen molar-refractivity contribution >= 4 is 17.5 Å². The Kier molecular flexibility index (Phi) is 5.44. The SMILES string of the molecule is Cc1nn(C)c(CNCCCCC(N)=O)c1Cl. The molecule has 0 radical (unpaired) electrons. The third-order valence-electron chi connectivity index (χ3n) is 2.58. The van der Waals surface area contributed by atoms with E-state index in [-0.39, 0.29) is 5.91 Å². The smallest absolute Gasteiger partial charge is 0.217 e. The number of nitrogens with one attached hydrogen (secondary N) is 1. The largest absolute Gasteiger partial charge is 0.370 e. The van der Waals surface area contributed by atoms with Gasteiger partial charge in [0.25, 0.3) is 0 Å². The monoisotopic (exact) mass is 258 g/mol. The number of unbranched alkanes of at least 4 members (excludes halogenated alkanes) is 1. The first-order chi connectivity index (χ1) is 8.02. The second-order valence-electron chi connectivity index (χ2n) is 4.07. The molecular weight excluding hydrogens is 240 g/mol. The molecule has 6 heteroatoms. The number of carbonyl (C=O) groups excluding carboxylic acids is 1. The zero-order valence-electron chi connectivity index (χ0n) is 10.3. The number of halogens is 1. The molecule has 0 aromatic carbocycles. The highest BCUT2D eigenvalue weighted by molar-refractivity contribution is 6.31. The summed E-state index contributed by atoms with van der Waals surface area (Å²) in [6.07, 6.45) is 2.20. The van der Waals surface area contributed by atoms with Gasteiger partial charge in [0.05, 0.1) is 16.4 Å². The second-order valence-corrected chi connectivity index (χ2v) is 4.45. The third-order valence-corrected chi connectivity index (χ3v) is 3.07. The molecule has 0 aliphatic carbocycles. The average molecular weight is 259 g/mol. The lowest BCUT2D eigenvalue weighted by molar-refractivity contribution is -0.118. The quantitative estimate of drug-likeness (QED) is 0.720. The van der Waals surface area contributed by atoms with E-state index < -0.39 is 0 Å². The van der Waals surface area contributed by atoms with E-state index in [4.69, 9.17) is 17.3 Å². The first kappa shape index (κ1) is 14.0. The number of hydrogen-bond acceptors (Lipinski definition) is 3. The Morgan fingerprint density at radius 2 is 2.24 bits per heavy atom. The fraction of sp³-hybridized carbons (Fsp3) is 0.636. The molecule has 0 unspecified atom stereocenters. The van der Waals surface area contributed by atoms with E-state index in [0.29, 0.717) is 13.0 Å². The summed E-state index contributed by atoms with van der Waals surface area (Å²) in [5.41, 5.74) is 6.88. The lowest BCUT2D eigenvalue weighted by atomic mass is 10.2. The molecule has 96 valence electrons. The van der Waals surface area contributed by atoms with Crippen LogP contribution in [0.15, 0.2) is 0 Å². The maximum atomic E-state index is 10.5. The number of aryl methyl sites for hydroxylation is 2. The zero-order chi connectivity index (χ0) is 12.8. The van der Waals surface area contributed by atoms with Gasteiger partial charge in [-0.3, -0.25) is 9.48 Å². The Hall–Kier alpha value is -1.07. The minimum absolute atomic E-state index is 0.240. The molecule has 1 rings (SSSR count). The summed E-state index contributed by atoms with van der Waals surface area (Å²) in [5.74, 6) is -0.240. The van der Waals surface area contributed by atoms with Gasteiger partial charge in [0.15, 0.2) is 0 Å². The average Bonchev–Trinajstić information content (AvgIpc) is 2.48. The zero-order valence-corrected chi connectivity index (χ0v) is 11.0. The van der Waals surface area contributed by atoms with Gasteiger partial charge in [0.1, 0.15) is 0 Å². The van der Waals surface area contributed by atoms with Crippen molar-refractivity contribution in [2.45, 2.75) is 32.7 Å². The minimum Gasteiger partial charge on any atom is -0.370 e. The fourth-order valence-corrected chi connectivity index (χ4v) is 1.86. The van der Waals surface area contributed by atoms with Gasteiger partial charge in [-0.25, -0.2) is 0 Å². The highest BCUT2D eigenvalue weighted by atomic mass is 35.5. The molecule has 0 spiro atoms. The molecule has 17 heavy (non-hydrogen) atoms. The number of rotatable bonds is 7. The number of carbonyl (C=O) groups is 1. The van der Waals surface area contributed by atoms with E-state index in [9.17, 15) is 4.79 Å². The minimum atomic E-state index is -0.240. The van der Waals surface area contributed by atoms with Crippen LogP contribution in [-0.2, 0) is 18.4 Å². The third kappa shape index (κ3) is 4.36. The van der Waals surface area contributed by atoms with Crippen molar-refractivity contribution in [2.75, 3.05) is 6.54 Å². The van der Waals surface area contributed by atoms with Crippen LogP contribution >= 0.6 is 11.6 Å². The number of hydrogen-bond donors (Lipinski definition) is 2. The Bertz CT molecular complexity index is 389. The normalized spacial score (nSPS) is 10.8. The van der Waals surface area contributed by atoms with Crippen LogP contribution in [0.5, 0.6) is 0 Å². The molecule has 0 bridgehead atoms. The molecule has 3 N–H and O–H groups in total. The summed E-state index contributed by atoms with van der Waals surface area (Å²) < 4.78 is 1.79. The van der Waals surface area contributed by atoms with E-state index in [0.717, 1.165) is 35.8 Å². The number of amides is 1. The van der Waals surface area contributed by atoms with Crippen LogP contribution in [0.2, 0.25) is 5.02 Å². The van der Waals surface area contributed by atoms with Gasteiger partial charge in [-0.2, -0.15) is 5.10 Å². The standard InChI is InChI=1S/C11H19ClN4O/c1-8-11(12)9(16(2)15-8)7-14-6-4-3-5-10(13)17/h14H,3-7H2,1-2H3,(H2,13,17). The summed E-state index contributed by atoms with van der Waals surface area (Å²) in [4.78, 5) is 10.5. The number of nitrogens with two attached hydrogens (primary N) is 1. The van der Waals surface area contributed by atoms with Crippen molar-refractivity contribution in [1.29, 1.82) is 0 Å². The van der Waals surface area contributed by atoms with Crippen LogP contribution in [0.1, 0.15) is 30.7 Å². The highest BCUT2D eigenvalue weighted by Crippen LogP contribution is 2.18. The Balaban J connectivity index is 2.24. The van der Waals surface area contributed by atoms with Crippen molar-refractivity contribution < 1.29 is 4.79 Å². The van der Waals surface area contributed by atoms with E-state index >= 15 is 0 Å². The maximum Gasteiger partial charge on any atom is 0.217 e. The molecule has 0 aliphatic heterocycles. The second kappa shape index (κ2) is 6.61. The lowest BCUT2D eigenvalue weighted by Gasteiger charge is -2.05. The Morgan fingerprint density at radius 3 is 2.76 bits per heavy atom. The van der Waals surface area contributed by atoms with Gasteiger partial charge in [0, 0.05) is 20.0 Å². The van der Waals surface area contributed by atoms with E-state index in [2.05, 4.69) is 10.4 Å². The molecular formula is C11H19ClN4O. The van der Waals surface area contributed by atoms with E-state index in [1.807, 2.05) is 14.0 Å². The molecule has 1 amide bonds. The van der Waals surface area contributed by atoms with Crippen molar-refractivity contribution in [2.24, 2.45) is 12.8 Å². The summed E-state index contributed by atoms with van der Waals surface area (Å²) >= 11 is 6.11. The predicted octanol–water partition coefficient (Wildman–Crippen LogP) is 1.13. The summed E-state index contributed by atoms with van der Waals surface area (Å²) in [6.45, 7) is 3.42. The summed E-state index contributed by atoms with van der Waals surface area (Å²) in [7, 11) is 1.88. The Labute approximate surface area is 106 Å². The molecule has 0 saturated heterocycles. The molecule has 0 aliphatic rings. The molecule has 1 aromatic rings. The van der Waals surface area contributed by atoms with Crippen LogP contribution in [0.25, 0.3) is 0 Å². The Morgan fingerprint density at radius 1 is 1.53 bits per heavy atom. The van der Waals surface area contributed by atoms with Crippen molar-refractivity contribution in [3.05, 3.63) is 16.4 Å². The molecule has 0 fully saturated rings. The van der Waals surface area contributed by atoms with Gasteiger partial charge in [-0.1, -0.05) is 11.6 Å². The molecule has 1 aromatic heterocycles. The molecule has 0 atom stereocenters. The van der Waals surface area contributed by atoms with Crippen LogP contribution in [-0.4, -0.2) is 22.2 Å². The number of aromatic nitrogens is 2. The first-order valence-electron chi connectivity index (χ1n) is 5.69. The van der Waals surface area contributed by atoms with E-state index in [1.165, 1.54) is 0 Å². The van der Waals surface area contributed by atoms with Crippen LogP contribution in [0, 0.1) is 6.92 Å². The van der Waals surface area contributed by atoms with Crippen LogP contribution in [0.4, 0.5) is 0 Å². The predicted molar refractivity (Wildman–Crippen MR) is 67.7 cm³/mol. The van der Waals surface area contributed by atoms with Gasteiger partial charge >= 0.3 is 0 Å². The number of nitrogens with zero attached hydrogens (tertiary/aromatic N) is 2. The highest BCUT2D eigenvalue weighted by Gasteiger charge is 2.09. The van der Waals surface area contributed by atoms with E-state index in [1.54, 1.807) is 4.68 Å². The van der Waals surface area contributed by atoms with Crippen molar-refractivity contribution in [1.82, 2.24) is 15.1 Å². The van der Waals surface area contributed by atoms with Gasteiger partial charge in [-0.05, 0) is 26.3 Å². The van der Waals surface area contributed by atoms with Crippen LogP contribution in [0.3, 0.4) is 0 Å². The first-order valence-corrected chi connectivity index (χ1v) is 6.07. The topological polar surface area (TPSA) is 72.9 Å². The lowest BCUT2D eigenvalue weighted by Crippen LogP contribution is -2.18. The van der Waals surface area contributed by atoms with Crippen LogP contribution < -0.4 is 11.1 Å². The van der Waals surface area contributed by atoms with Gasteiger partial charge < -0.3 is 11.1 Å². The summed E-state index contributed by atoms with van der Waals surface area (Å²) in [6, 6.07) is 0. The summed E-state index contributed by atoms with van der Waals surface area (Å²) in [5, 5.41) is 8.22. The fourth-order valence-electron chi connectivity index (χ4n) is 1.63. The van der Waals surface area contributed by atoms with Gasteiger partial charge in [-0.15, -0.1) is 0 Å².